The van der Waals surface area contributed by atoms with E-state index < -0.39 is 0 Å². The van der Waals surface area contributed by atoms with Gasteiger partial charge in [0.2, 0.25) is 0 Å². The highest BCUT2D eigenvalue weighted by molar-refractivity contribution is 5.28. The quantitative estimate of drug-likeness (QED) is 0.743. The molecule has 2 bridgehead atoms. The zero-order valence-electron chi connectivity index (χ0n) is 18.9. The number of aryl methyl sites for hydroxylation is 2. The molecule has 0 aliphatic carbocycles. The van der Waals surface area contributed by atoms with Crippen molar-refractivity contribution in [1.82, 2.24) is 19.4 Å². The molecule has 1 saturated heterocycles. The minimum absolute atomic E-state index is 0.731. The van der Waals surface area contributed by atoms with Crippen LogP contribution in [-0.2, 0) is 20.0 Å². The van der Waals surface area contributed by atoms with Crippen LogP contribution in [0.4, 0.5) is 0 Å². The van der Waals surface area contributed by atoms with Crippen LogP contribution in [0.1, 0.15) is 55.6 Å². The van der Waals surface area contributed by atoms with Gasteiger partial charge in [-0.05, 0) is 82.8 Å². The Kier molecular flexibility index (Phi) is 7.45. The SMILES string of the molecule is Cc1ncc(CN2CCCCN3CCCCC3CCc3cccc(c3)OCC2)n1C. The molecule has 1 aromatic heterocycles. The number of nitrogens with zero attached hydrogens (tertiary/aromatic N) is 4. The predicted molar refractivity (Wildman–Crippen MR) is 122 cm³/mol. The van der Waals surface area contributed by atoms with Crippen LogP contribution in [0.3, 0.4) is 0 Å². The van der Waals surface area contributed by atoms with Crippen molar-refractivity contribution >= 4 is 0 Å². The Labute approximate surface area is 182 Å². The Bertz CT molecular complexity index is 802. The molecule has 0 saturated carbocycles. The van der Waals surface area contributed by atoms with Crippen LogP contribution < -0.4 is 4.74 Å². The van der Waals surface area contributed by atoms with E-state index in [9.17, 15) is 0 Å². The second-order valence-electron chi connectivity index (χ2n) is 9.06. The number of aromatic nitrogens is 2. The lowest BCUT2D eigenvalue weighted by atomic mass is 9.95. The number of piperidine rings is 1. The van der Waals surface area contributed by atoms with Gasteiger partial charge in [-0.1, -0.05) is 18.6 Å². The summed E-state index contributed by atoms with van der Waals surface area (Å²) in [6, 6.07) is 9.51. The van der Waals surface area contributed by atoms with Gasteiger partial charge in [0.05, 0.1) is 5.69 Å². The van der Waals surface area contributed by atoms with E-state index in [1.54, 1.807) is 0 Å². The fraction of sp³-hybridized carbons (Fsp3) is 0.640. The van der Waals surface area contributed by atoms with Gasteiger partial charge in [0.25, 0.3) is 0 Å². The number of hydrogen-bond acceptors (Lipinski definition) is 4. The molecule has 2 aromatic rings. The molecule has 1 unspecified atom stereocenters. The Morgan fingerprint density at radius 2 is 1.87 bits per heavy atom. The molecule has 4 rings (SSSR count). The van der Waals surface area contributed by atoms with Crippen molar-refractivity contribution in [3.05, 3.63) is 47.5 Å². The van der Waals surface area contributed by atoms with Crippen LogP contribution in [0.5, 0.6) is 5.75 Å². The van der Waals surface area contributed by atoms with Gasteiger partial charge < -0.3 is 14.2 Å². The molecular formula is C25H38N4O. The van der Waals surface area contributed by atoms with Crippen LogP contribution in [0.2, 0.25) is 0 Å². The minimum atomic E-state index is 0.731. The molecule has 30 heavy (non-hydrogen) atoms. The van der Waals surface area contributed by atoms with E-state index in [2.05, 4.69) is 57.6 Å². The van der Waals surface area contributed by atoms with Gasteiger partial charge >= 0.3 is 0 Å². The normalized spacial score (nSPS) is 22.5. The second kappa shape index (κ2) is 10.5. The molecule has 0 radical (unpaired) electrons. The molecule has 1 atom stereocenters. The third-order valence-electron chi connectivity index (χ3n) is 6.96. The molecular weight excluding hydrogens is 372 g/mol. The number of imidazole rings is 1. The summed E-state index contributed by atoms with van der Waals surface area (Å²) in [6.07, 6.45) is 11.1. The van der Waals surface area contributed by atoms with E-state index in [0.29, 0.717) is 0 Å². The summed E-state index contributed by atoms with van der Waals surface area (Å²) in [7, 11) is 2.11. The molecule has 0 amide bonds. The summed E-state index contributed by atoms with van der Waals surface area (Å²) in [5, 5.41) is 0. The Morgan fingerprint density at radius 3 is 2.70 bits per heavy atom. The van der Waals surface area contributed by atoms with Gasteiger partial charge in [-0.2, -0.15) is 0 Å². The van der Waals surface area contributed by atoms with Crippen LogP contribution >= 0.6 is 0 Å². The first-order chi connectivity index (χ1) is 14.7. The lowest BCUT2D eigenvalue weighted by Gasteiger charge is -2.36. The fourth-order valence-electron chi connectivity index (χ4n) is 4.94. The number of benzene rings is 1. The highest BCUT2D eigenvalue weighted by Crippen LogP contribution is 2.23. The number of hydrogen-bond donors (Lipinski definition) is 0. The number of rotatable bonds is 2. The first kappa shape index (κ1) is 21.4. The van der Waals surface area contributed by atoms with Crippen molar-refractivity contribution in [1.29, 1.82) is 0 Å². The fourth-order valence-corrected chi connectivity index (χ4v) is 4.94. The summed E-state index contributed by atoms with van der Waals surface area (Å²) < 4.78 is 8.36. The third-order valence-corrected chi connectivity index (χ3v) is 6.96. The van der Waals surface area contributed by atoms with Gasteiger partial charge in [0, 0.05) is 32.4 Å². The van der Waals surface area contributed by atoms with E-state index in [1.165, 1.54) is 62.9 Å². The smallest absolute Gasteiger partial charge is 0.119 e. The molecule has 3 heterocycles. The van der Waals surface area contributed by atoms with Gasteiger partial charge in [-0.3, -0.25) is 4.90 Å². The lowest BCUT2D eigenvalue weighted by molar-refractivity contribution is 0.134. The summed E-state index contributed by atoms with van der Waals surface area (Å²) >= 11 is 0. The van der Waals surface area contributed by atoms with Gasteiger partial charge in [-0.25, -0.2) is 4.98 Å². The molecule has 164 valence electrons. The monoisotopic (exact) mass is 410 g/mol. The number of ether oxygens (including phenoxy) is 1. The molecule has 5 nitrogen and oxygen atoms in total. The number of fused-ring (bicyclic) bond motifs is 3. The minimum Gasteiger partial charge on any atom is -0.492 e. The molecule has 1 aromatic carbocycles. The maximum atomic E-state index is 6.16. The first-order valence-corrected chi connectivity index (χ1v) is 11.8. The third kappa shape index (κ3) is 5.64. The lowest BCUT2D eigenvalue weighted by Crippen LogP contribution is -2.40. The van der Waals surface area contributed by atoms with Crippen molar-refractivity contribution in [3.8, 4) is 5.75 Å². The second-order valence-corrected chi connectivity index (χ2v) is 9.06. The van der Waals surface area contributed by atoms with Crippen LogP contribution in [0.25, 0.3) is 0 Å². The molecule has 0 spiro atoms. The predicted octanol–water partition coefficient (Wildman–Crippen LogP) is 4.19. The Balaban J connectivity index is 1.45. The largest absolute Gasteiger partial charge is 0.492 e. The van der Waals surface area contributed by atoms with E-state index in [-0.39, 0.29) is 0 Å². The standard InChI is InChI=1S/C25H38N4O/c1-21-26-19-24(27(21)2)20-28-13-5-6-15-29-14-4-3-9-23(29)12-11-22-8-7-10-25(18-22)30-17-16-28/h7-8,10,18-19,23H,3-6,9,11-17,20H2,1-2H3. The Hall–Kier alpha value is -1.85. The molecule has 2 aliphatic heterocycles. The van der Waals surface area contributed by atoms with Crippen molar-refractivity contribution < 1.29 is 4.74 Å². The molecule has 2 aliphatic rings. The topological polar surface area (TPSA) is 33.5 Å². The van der Waals surface area contributed by atoms with Crippen LogP contribution in [0, 0.1) is 6.92 Å². The van der Waals surface area contributed by atoms with E-state index in [1.807, 2.05) is 6.20 Å². The maximum absolute atomic E-state index is 6.16. The zero-order valence-corrected chi connectivity index (χ0v) is 18.9. The van der Waals surface area contributed by atoms with Crippen LogP contribution in [-0.4, -0.2) is 58.2 Å². The molecule has 0 N–H and O–H groups in total. The van der Waals surface area contributed by atoms with Crippen molar-refractivity contribution in [3.63, 3.8) is 0 Å². The maximum Gasteiger partial charge on any atom is 0.119 e. The van der Waals surface area contributed by atoms with E-state index in [4.69, 9.17) is 4.74 Å². The zero-order chi connectivity index (χ0) is 20.8. The van der Waals surface area contributed by atoms with Gasteiger partial charge in [-0.15, -0.1) is 0 Å². The van der Waals surface area contributed by atoms with E-state index >= 15 is 0 Å². The van der Waals surface area contributed by atoms with Crippen molar-refractivity contribution in [2.75, 3.05) is 32.8 Å². The average Bonchev–Trinajstić information content (AvgIpc) is 3.07. The first-order valence-electron chi connectivity index (χ1n) is 11.8. The summed E-state index contributed by atoms with van der Waals surface area (Å²) in [5.41, 5.74) is 2.69. The highest BCUT2D eigenvalue weighted by Gasteiger charge is 2.22. The van der Waals surface area contributed by atoms with Crippen molar-refractivity contribution in [2.24, 2.45) is 7.05 Å². The summed E-state index contributed by atoms with van der Waals surface area (Å²) in [4.78, 5) is 9.79. The van der Waals surface area contributed by atoms with Crippen molar-refractivity contribution in [2.45, 2.75) is 64.5 Å². The summed E-state index contributed by atoms with van der Waals surface area (Å²) in [6.45, 7) is 8.33. The highest BCUT2D eigenvalue weighted by atomic mass is 16.5. The van der Waals surface area contributed by atoms with E-state index in [0.717, 1.165) is 50.3 Å². The summed E-state index contributed by atoms with van der Waals surface area (Å²) in [5.74, 6) is 2.09. The Morgan fingerprint density at radius 1 is 1.03 bits per heavy atom. The van der Waals surface area contributed by atoms with Gasteiger partial charge in [0.1, 0.15) is 18.2 Å². The van der Waals surface area contributed by atoms with Crippen LogP contribution in [0.15, 0.2) is 30.5 Å². The van der Waals surface area contributed by atoms with Gasteiger partial charge in [0.15, 0.2) is 0 Å². The molecule has 5 heteroatoms. The average molecular weight is 411 g/mol. The molecule has 1 fully saturated rings.